The minimum atomic E-state index is -0.800. The van der Waals surface area contributed by atoms with Crippen LogP contribution in [-0.2, 0) is 0 Å². The van der Waals surface area contributed by atoms with Crippen molar-refractivity contribution in [3.8, 4) is 6.07 Å². The highest BCUT2D eigenvalue weighted by Gasteiger charge is 2.48. The van der Waals surface area contributed by atoms with Crippen molar-refractivity contribution in [1.29, 1.82) is 5.26 Å². The SMILES string of the molecule is C=CCCC/C=C/C[C@@](C)(C#N)C[C@@H]1[C@H](C)CC[C@@]1(O)C(=C)C. The number of rotatable bonds is 9. The van der Waals surface area contributed by atoms with E-state index in [-0.39, 0.29) is 5.92 Å². The maximum Gasteiger partial charge on any atom is 0.0882 e. The van der Waals surface area contributed by atoms with Gasteiger partial charge in [-0.2, -0.15) is 5.26 Å². The molecule has 0 aromatic heterocycles. The van der Waals surface area contributed by atoms with Gasteiger partial charge in [-0.15, -0.1) is 6.58 Å². The molecular weight excluding hydrogens is 282 g/mol. The van der Waals surface area contributed by atoms with E-state index in [1.54, 1.807) is 0 Å². The number of unbranched alkanes of at least 4 members (excludes halogenated alkanes) is 2. The van der Waals surface area contributed by atoms with Gasteiger partial charge < -0.3 is 5.11 Å². The van der Waals surface area contributed by atoms with Crippen molar-refractivity contribution in [2.45, 2.75) is 71.3 Å². The van der Waals surface area contributed by atoms with Gasteiger partial charge in [0.05, 0.1) is 17.1 Å². The van der Waals surface area contributed by atoms with Crippen LogP contribution in [0.4, 0.5) is 0 Å². The fourth-order valence-electron chi connectivity index (χ4n) is 3.71. The van der Waals surface area contributed by atoms with E-state index in [4.69, 9.17) is 0 Å². The molecule has 1 saturated carbocycles. The second-order valence-electron chi connectivity index (χ2n) is 7.60. The molecule has 2 nitrogen and oxygen atoms in total. The Morgan fingerprint density at radius 3 is 2.70 bits per heavy atom. The van der Waals surface area contributed by atoms with Crippen LogP contribution in [0.15, 0.2) is 37.0 Å². The normalized spacial score (nSPS) is 30.0. The summed E-state index contributed by atoms with van der Waals surface area (Å²) >= 11 is 0. The molecule has 0 aliphatic heterocycles. The average molecular weight is 316 g/mol. The molecule has 1 aliphatic carbocycles. The molecule has 1 rings (SSSR count). The second-order valence-corrected chi connectivity index (χ2v) is 7.60. The topological polar surface area (TPSA) is 44.0 Å². The zero-order valence-corrected chi connectivity index (χ0v) is 15.1. The Hall–Kier alpha value is -1.33. The fraction of sp³-hybridized carbons (Fsp3) is 0.667. The highest BCUT2D eigenvalue weighted by molar-refractivity contribution is 5.18. The Morgan fingerprint density at radius 2 is 2.13 bits per heavy atom. The second kappa shape index (κ2) is 8.50. The lowest BCUT2D eigenvalue weighted by molar-refractivity contribution is 0.0137. The number of hydrogen-bond acceptors (Lipinski definition) is 2. The summed E-state index contributed by atoms with van der Waals surface area (Å²) in [5.74, 6) is 0.555. The fourth-order valence-corrected chi connectivity index (χ4v) is 3.71. The van der Waals surface area contributed by atoms with Crippen molar-refractivity contribution in [3.63, 3.8) is 0 Å². The van der Waals surface area contributed by atoms with Crippen LogP contribution in [0.5, 0.6) is 0 Å². The Morgan fingerprint density at radius 1 is 1.43 bits per heavy atom. The summed E-state index contributed by atoms with van der Waals surface area (Å²) in [5.41, 5.74) is -0.389. The first-order valence-corrected chi connectivity index (χ1v) is 8.84. The molecule has 0 amide bonds. The smallest absolute Gasteiger partial charge is 0.0882 e. The highest BCUT2D eigenvalue weighted by atomic mass is 16.3. The minimum Gasteiger partial charge on any atom is -0.385 e. The Kier molecular flexibility index (Phi) is 7.29. The zero-order chi connectivity index (χ0) is 17.5. The number of aliphatic hydroxyl groups is 1. The lowest BCUT2D eigenvalue weighted by atomic mass is 9.70. The van der Waals surface area contributed by atoms with Crippen LogP contribution in [-0.4, -0.2) is 10.7 Å². The van der Waals surface area contributed by atoms with Gasteiger partial charge in [0.1, 0.15) is 0 Å². The van der Waals surface area contributed by atoms with Gasteiger partial charge >= 0.3 is 0 Å². The molecule has 0 heterocycles. The van der Waals surface area contributed by atoms with Crippen LogP contribution in [0.25, 0.3) is 0 Å². The van der Waals surface area contributed by atoms with Crippen molar-refractivity contribution in [1.82, 2.24) is 0 Å². The van der Waals surface area contributed by atoms with Crippen LogP contribution < -0.4 is 0 Å². The minimum absolute atomic E-state index is 0.124. The summed E-state index contributed by atoms with van der Waals surface area (Å²) in [6.45, 7) is 13.8. The molecule has 128 valence electrons. The van der Waals surface area contributed by atoms with E-state index < -0.39 is 11.0 Å². The molecule has 4 atom stereocenters. The van der Waals surface area contributed by atoms with E-state index in [1.165, 1.54) is 0 Å². The quantitative estimate of drug-likeness (QED) is 0.447. The van der Waals surface area contributed by atoms with Crippen molar-refractivity contribution in [2.75, 3.05) is 0 Å². The van der Waals surface area contributed by atoms with Crippen LogP contribution in [0, 0.1) is 28.6 Å². The number of allylic oxidation sites excluding steroid dienone is 3. The lowest BCUT2D eigenvalue weighted by Gasteiger charge is -2.36. The van der Waals surface area contributed by atoms with Gasteiger partial charge in [0.15, 0.2) is 0 Å². The summed E-state index contributed by atoms with van der Waals surface area (Å²) in [5, 5.41) is 20.7. The van der Waals surface area contributed by atoms with E-state index in [9.17, 15) is 10.4 Å². The molecule has 1 aliphatic rings. The molecular formula is C21H33NO. The summed E-state index contributed by atoms with van der Waals surface area (Å²) in [6, 6.07) is 2.50. The number of nitrogens with zero attached hydrogens (tertiary/aromatic N) is 1. The van der Waals surface area contributed by atoms with Crippen LogP contribution in [0.1, 0.15) is 65.7 Å². The number of nitriles is 1. The van der Waals surface area contributed by atoms with E-state index in [0.717, 1.165) is 50.5 Å². The molecule has 0 spiro atoms. The van der Waals surface area contributed by atoms with Gasteiger partial charge in [0, 0.05) is 0 Å². The van der Waals surface area contributed by atoms with Crippen molar-refractivity contribution >= 4 is 0 Å². The molecule has 0 aromatic rings. The predicted molar refractivity (Wildman–Crippen MR) is 97.8 cm³/mol. The molecule has 1 N–H and O–H groups in total. The van der Waals surface area contributed by atoms with E-state index in [2.05, 4.69) is 38.3 Å². The molecule has 23 heavy (non-hydrogen) atoms. The van der Waals surface area contributed by atoms with Crippen molar-refractivity contribution in [3.05, 3.63) is 37.0 Å². The first-order valence-electron chi connectivity index (χ1n) is 8.84. The Bertz CT molecular complexity index is 487. The molecule has 0 unspecified atom stereocenters. The lowest BCUT2D eigenvalue weighted by Crippen LogP contribution is -2.38. The van der Waals surface area contributed by atoms with Crippen molar-refractivity contribution in [2.24, 2.45) is 17.3 Å². The summed E-state index contributed by atoms with van der Waals surface area (Å²) in [7, 11) is 0. The largest absolute Gasteiger partial charge is 0.385 e. The zero-order valence-electron chi connectivity index (χ0n) is 15.1. The summed E-state index contributed by atoms with van der Waals surface area (Å²) in [6.07, 6.45) is 12.7. The monoisotopic (exact) mass is 315 g/mol. The first kappa shape index (κ1) is 19.7. The van der Waals surface area contributed by atoms with E-state index in [1.807, 2.05) is 19.9 Å². The average Bonchev–Trinajstić information content (AvgIpc) is 2.80. The van der Waals surface area contributed by atoms with Gasteiger partial charge in [-0.25, -0.2) is 0 Å². The number of hydrogen-bond donors (Lipinski definition) is 1. The maximum atomic E-state index is 11.0. The van der Waals surface area contributed by atoms with Crippen LogP contribution in [0.3, 0.4) is 0 Å². The third-order valence-electron chi connectivity index (χ3n) is 5.47. The Labute approximate surface area is 142 Å². The molecule has 0 saturated heterocycles. The molecule has 1 fully saturated rings. The standard InChI is InChI=1S/C21H33NO/c1-6-7-8-9-10-11-13-20(5,16-22)15-19-18(4)12-14-21(19,23)17(2)3/h6,10-11,18-19,23H,1-2,7-9,12-15H2,3-5H3/b11-10+/t18-,19-,20-,21-/m1/s1. The third-order valence-corrected chi connectivity index (χ3v) is 5.47. The van der Waals surface area contributed by atoms with E-state index in [0.29, 0.717) is 5.92 Å². The predicted octanol–water partition coefficient (Wildman–Crippen LogP) is 5.56. The van der Waals surface area contributed by atoms with Crippen LogP contribution in [0.2, 0.25) is 0 Å². The molecule has 2 heteroatoms. The first-order chi connectivity index (χ1) is 10.8. The molecule has 0 aromatic carbocycles. The van der Waals surface area contributed by atoms with Crippen molar-refractivity contribution < 1.29 is 5.11 Å². The van der Waals surface area contributed by atoms with E-state index >= 15 is 0 Å². The Balaban J connectivity index is 2.71. The summed E-state index contributed by atoms with van der Waals surface area (Å²) in [4.78, 5) is 0. The molecule has 0 radical (unpaired) electrons. The van der Waals surface area contributed by atoms with Gasteiger partial charge in [-0.3, -0.25) is 0 Å². The maximum absolute atomic E-state index is 11.0. The highest BCUT2D eigenvalue weighted by Crippen LogP contribution is 2.49. The van der Waals surface area contributed by atoms with Crippen LogP contribution >= 0.6 is 0 Å². The molecule has 0 bridgehead atoms. The summed E-state index contributed by atoms with van der Waals surface area (Å²) < 4.78 is 0. The van der Waals surface area contributed by atoms with Gasteiger partial charge in [0.25, 0.3) is 0 Å². The van der Waals surface area contributed by atoms with Gasteiger partial charge in [-0.1, -0.05) is 31.7 Å². The third kappa shape index (κ3) is 5.08. The van der Waals surface area contributed by atoms with Gasteiger partial charge in [-0.05, 0) is 76.2 Å². The van der Waals surface area contributed by atoms with Gasteiger partial charge in [0.2, 0.25) is 0 Å².